The Morgan fingerprint density at radius 2 is 1.73 bits per heavy atom. The molecule has 0 heterocycles. The van der Waals surface area contributed by atoms with Gasteiger partial charge in [-0.1, -0.05) is 12.1 Å². The summed E-state index contributed by atoms with van der Waals surface area (Å²) in [5.41, 5.74) is 1.24. The van der Waals surface area contributed by atoms with Gasteiger partial charge in [-0.05, 0) is 65.1 Å². The van der Waals surface area contributed by atoms with Gasteiger partial charge in [0.25, 0.3) is 5.91 Å². The summed E-state index contributed by atoms with van der Waals surface area (Å²) >= 11 is 3.48. The minimum Gasteiger partial charge on any atom is -0.334 e. The first-order valence-corrected chi connectivity index (χ1v) is 9.30. The van der Waals surface area contributed by atoms with E-state index in [-0.39, 0.29) is 5.91 Å². The Labute approximate surface area is 140 Å². The van der Waals surface area contributed by atoms with Crippen LogP contribution in [0.25, 0.3) is 0 Å². The van der Waals surface area contributed by atoms with Crippen molar-refractivity contribution >= 4 is 27.5 Å². The van der Waals surface area contributed by atoms with Gasteiger partial charge in [0.05, 0.1) is 11.2 Å². The molecule has 5 rings (SSSR count). The lowest BCUT2D eigenvalue weighted by Gasteiger charge is -2.54. The van der Waals surface area contributed by atoms with Gasteiger partial charge in [0.2, 0.25) is 0 Å². The molecule has 4 aliphatic carbocycles. The van der Waals surface area contributed by atoms with E-state index in [4.69, 9.17) is 0 Å². The number of carbonyl (C=O) groups is 1. The highest BCUT2D eigenvalue weighted by atomic mass is 79.9. The van der Waals surface area contributed by atoms with Crippen molar-refractivity contribution in [2.45, 2.75) is 44.1 Å². The Hall–Kier alpha value is -0.870. The third-order valence-electron chi connectivity index (χ3n) is 5.95. The first-order valence-electron chi connectivity index (χ1n) is 8.51. The van der Waals surface area contributed by atoms with E-state index in [0.717, 1.165) is 27.9 Å². The molecule has 0 spiro atoms. The van der Waals surface area contributed by atoms with E-state index in [2.05, 4.69) is 26.6 Å². The average Bonchev–Trinajstić information content (AvgIpc) is 2.46. The lowest BCUT2D eigenvalue weighted by Crippen LogP contribution is -3.00. The molecule has 3 nitrogen and oxygen atoms in total. The molecule has 1 aromatic rings. The fourth-order valence-corrected chi connectivity index (χ4v) is 5.88. The number of carbonyl (C=O) groups excluding carboxylic acids is 1. The summed E-state index contributed by atoms with van der Waals surface area (Å²) in [5, 5.41) is 5.39. The number of quaternary nitrogens is 1. The monoisotopic (exact) mass is 363 g/mol. The number of halogens is 1. The number of rotatable bonds is 4. The third kappa shape index (κ3) is 2.83. The van der Waals surface area contributed by atoms with Crippen molar-refractivity contribution in [2.75, 3.05) is 11.9 Å². The van der Waals surface area contributed by atoms with Crippen LogP contribution < -0.4 is 10.6 Å². The van der Waals surface area contributed by atoms with Gasteiger partial charge in [0.15, 0.2) is 6.54 Å². The zero-order valence-corrected chi connectivity index (χ0v) is 14.4. The Bertz CT molecular complexity index is 551. The minimum absolute atomic E-state index is 0.114. The van der Waals surface area contributed by atoms with Crippen LogP contribution in [-0.2, 0) is 4.79 Å². The van der Waals surface area contributed by atoms with Gasteiger partial charge in [0, 0.05) is 23.7 Å². The van der Waals surface area contributed by atoms with Crippen LogP contribution >= 0.6 is 15.9 Å². The number of nitrogens with two attached hydrogens (primary N) is 1. The van der Waals surface area contributed by atoms with Crippen LogP contribution in [0.2, 0.25) is 0 Å². The van der Waals surface area contributed by atoms with Crippen molar-refractivity contribution in [1.82, 2.24) is 0 Å². The molecule has 0 aliphatic heterocycles. The SMILES string of the molecule is O=C(C[NH2+]C12CC3CC(CC(C3)C1)C2)Nc1ccccc1Br. The zero-order chi connectivity index (χ0) is 15.2. The number of para-hydroxylation sites is 1. The fraction of sp³-hybridized carbons (Fsp3) is 0.611. The maximum absolute atomic E-state index is 12.3. The summed E-state index contributed by atoms with van der Waals surface area (Å²) in [4.78, 5) is 12.3. The summed E-state index contributed by atoms with van der Waals surface area (Å²) in [6, 6.07) is 7.80. The molecule has 4 heteroatoms. The second-order valence-electron chi connectivity index (χ2n) is 7.72. The quantitative estimate of drug-likeness (QED) is 0.848. The highest BCUT2D eigenvalue weighted by Gasteiger charge is 2.53. The van der Waals surface area contributed by atoms with Gasteiger partial charge in [-0.25, -0.2) is 0 Å². The lowest BCUT2D eigenvalue weighted by molar-refractivity contribution is -0.729. The maximum atomic E-state index is 12.3. The van der Waals surface area contributed by atoms with Crippen LogP contribution in [0.3, 0.4) is 0 Å². The normalized spacial score (nSPS) is 35.6. The van der Waals surface area contributed by atoms with Crippen molar-refractivity contribution < 1.29 is 10.1 Å². The van der Waals surface area contributed by atoms with Gasteiger partial charge < -0.3 is 10.6 Å². The van der Waals surface area contributed by atoms with Crippen molar-refractivity contribution in [3.8, 4) is 0 Å². The maximum Gasteiger partial charge on any atom is 0.279 e. The first-order chi connectivity index (χ1) is 10.6. The Morgan fingerprint density at radius 3 is 2.32 bits per heavy atom. The topological polar surface area (TPSA) is 45.7 Å². The Kier molecular flexibility index (Phi) is 3.77. The van der Waals surface area contributed by atoms with E-state index < -0.39 is 0 Å². The molecule has 0 atom stereocenters. The number of hydrogen-bond acceptors (Lipinski definition) is 1. The Morgan fingerprint density at radius 1 is 1.14 bits per heavy atom. The van der Waals surface area contributed by atoms with Gasteiger partial charge >= 0.3 is 0 Å². The summed E-state index contributed by atoms with van der Waals surface area (Å²) < 4.78 is 0.943. The predicted octanol–water partition coefficient (Wildman–Crippen LogP) is 2.92. The average molecular weight is 364 g/mol. The van der Waals surface area contributed by atoms with E-state index >= 15 is 0 Å². The number of nitrogens with one attached hydrogen (secondary N) is 1. The van der Waals surface area contributed by atoms with Gasteiger partial charge in [0.1, 0.15) is 0 Å². The van der Waals surface area contributed by atoms with E-state index in [9.17, 15) is 4.79 Å². The molecule has 0 unspecified atom stereocenters. The van der Waals surface area contributed by atoms with Crippen molar-refractivity contribution in [3.63, 3.8) is 0 Å². The van der Waals surface area contributed by atoms with E-state index in [1.54, 1.807) is 0 Å². The summed E-state index contributed by atoms with van der Waals surface area (Å²) in [7, 11) is 0. The van der Waals surface area contributed by atoms with Crippen LogP contribution in [0.5, 0.6) is 0 Å². The van der Waals surface area contributed by atoms with Gasteiger partial charge in [-0.3, -0.25) is 4.79 Å². The van der Waals surface area contributed by atoms with E-state index in [1.165, 1.54) is 38.5 Å². The molecule has 22 heavy (non-hydrogen) atoms. The minimum atomic E-state index is 0.114. The highest BCUT2D eigenvalue weighted by molar-refractivity contribution is 9.10. The zero-order valence-electron chi connectivity index (χ0n) is 12.9. The lowest BCUT2D eigenvalue weighted by atomic mass is 9.53. The Balaban J connectivity index is 1.37. The van der Waals surface area contributed by atoms with E-state index in [1.807, 2.05) is 24.3 Å². The number of anilines is 1. The van der Waals surface area contributed by atoms with Crippen LogP contribution in [0.15, 0.2) is 28.7 Å². The molecule has 4 aliphatic rings. The summed E-state index contributed by atoms with van der Waals surface area (Å²) in [6.45, 7) is 0.549. The van der Waals surface area contributed by atoms with Crippen LogP contribution in [0.1, 0.15) is 38.5 Å². The smallest absolute Gasteiger partial charge is 0.279 e. The van der Waals surface area contributed by atoms with Crippen LogP contribution in [0.4, 0.5) is 5.69 Å². The molecule has 4 bridgehead atoms. The summed E-state index contributed by atoms with van der Waals surface area (Å²) in [6.07, 6.45) is 8.37. The van der Waals surface area contributed by atoms with Gasteiger partial charge in [-0.15, -0.1) is 0 Å². The fourth-order valence-electron chi connectivity index (χ4n) is 5.50. The summed E-state index contributed by atoms with van der Waals surface area (Å²) in [5.74, 6) is 2.93. The molecule has 3 N–H and O–H groups in total. The number of benzene rings is 1. The molecule has 118 valence electrons. The predicted molar refractivity (Wildman–Crippen MR) is 90.5 cm³/mol. The van der Waals surface area contributed by atoms with Crippen molar-refractivity contribution in [3.05, 3.63) is 28.7 Å². The number of hydrogen-bond donors (Lipinski definition) is 2. The third-order valence-corrected chi connectivity index (χ3v) is 6.65. The molecule has 0 saturated heterocycles. The highest BCUT2D eigenvalue weighted by Crippen LogP contribution is 2.54. The molecule has 0 radical (unpaired) electrons. The van der Waals surface area contributed by atoms with E-state index in [0.29, 0.717) is 12.1 Å². The molecule has 1 aromatic carbocycles. The largest absolute Gasteiger partial charge is 0.334 e. The van der Waals surface area contributed by atoms with Crippen LogP contribution in [0, 0.1) is 17.8 Å². The van der Waals surface area contributed by atoms with Gasteiger partial charge in [-0.2, -0.15) is 0 Å². The molecule has 0 aromatic heterocycles. The molecular weight excluding hydrogens is 340 g/mol. The second kappa shape index (κ2) is 5.64. The van der Waals surface area contributed by atoms with Crippen molar-refractivity contribution in [1.29, 1.82) is 0 Å². The molecule has 4 fully saturated rings. The second-order valence-corrected chi connectivity index (χ2v) is 8.57. The van der Waals surface area contributed by atoms with Crippen LogP contribution in [-0.4, -0.2) is 18.0 Å². The molecule has 1 amide bonds. The van der Waals surface area contributed by atoms with Crippen molar-refractivity contribution in [2.24, 2.45) is 17.8 Å². The standard InChI is InChI=1S/C18H23BrN2O/c19-15-3-1-2-4-16(15)21-17(22)11-20-18-8-12-5-13(9-18)7-14(6-12)10-18/h1-4,12-14,20H,5-11H2,(H,21,22)/p+1. The number of amides is 1. The molecular formula is C18H24BrN2O+. The first kappa shape index (κ1) is 14.7. The molecule has 4 saturated carbocycles.